The molecule has 0 bridgehead atoms. The van der Waals surface area contributed by atoms with E-state index in [9.17, 15) is 9.90 Å². The van der Waals surface area contributed by atoms with Crippen LogP contribution in [-0.2, 0) is 9.53 Å². The number of likely N-dealkylation sites (N-methyl/N-ethyl adjacent to an activating group) is 1. The molecule has 0 aromatic rings. The minimum absolute atomic E-state index is 0.0175. The van der Waals surface area contributed by atoms with Gasteiger partial charge in [-0.15, -0.1) is 0 Å². The standard InChI is InChI=1S/C13H26N2O3/c1-11(12(16)14-8-9-18-3)15(2)10-13(17)6-4-5-7-13/h11,17H,4-10H2,1-3H3,(H,14,16). The quantitative estimate of drug-likeness (QED) is 0.648. The average Bonchev–Trinajstić information content (AvgIpc) is 2.74. The van der Waals surface area contributed by atoms with Gasteiger partial charge < -0.3 is 15.2 Å². The second kappa shape index (κ2) is 7.07. The van der Waals surface area contributed by atoms with E-state index in [0.717, 1.165) is 25.7 Å². The van der Waals surface area contributed by atoms with Crippen LogP contribution < -0.4 is 5.32 Å². The van der Waals surface area contributed by atoms with Crippen molar-refractivity contribution in [3.05, 3.63) is 0 Å². The van der Waals surface area contributed by atoms with Gasteiger partial charge in [0.05, 0.1) is 18.2 Å². The number of nitrogens with one attached hydrogen (secondary N) is 1. The van der Waals surface area contributed by atoms with E-state index in [1.54, 1.807) is 7.11 Å². The molecule has 5 heteroatoms. The van der Waals surface area contributed by atoms with E-state index < -0.39 is 5.60 Å². The highest BCUT2D eigenvalue weighted by atomic mass is 16.5. The number of aliphatic hydroxyl groups is 1. The molecule has 2 N–H and O–H groups in total. The Bertz CT molecular complexity index is 265. The lowest BCUT2D eigenvalue weighted by molar-refractivity contribution is -0.126. The summed E-state index contributed by atoms with van der Waals surface area (Å²) >= 11 is 0. The number of rotatable bonds is 7. The second-order valence-corrected chi connectivity index (χ2v) is 5.31. The molecule has 0 aromatic heterocycles. The van der Waals surface area contributed by atoms with Gasteiger partial charge in [0, 0.05) is 20.2 Å². The predicted molar refractivity (Wildman–Crippen MR) is 70.4 cm³/mol. The Kier molecular flexibility index (Phi) is 6.05. The van der Waals surface area contributed by atoms with Gasteiger partial charge >= 0.3 is 0 Å². The monoisotopic (exact) mass is 258 g/mol. The lowest BCUT2D eigenvalue weighted by Crippen LogP contribution is -2.49. The zero-order valence-corrected chi connectivity index (χ0v) is 11.7. The number of carbonyl (C=O) groups excluding carboxylic acids is 1. The van der Waals surface area contributed by atoms with E-state index in [1.807, 2.05) is 18.9 Å². The van der Waals surface area contributed by atoms with Gasteiger partial charge in [-0.25, -0.2) is 0 Å². The van der Waals surface area contributed by atoms with Crippen molar-refractivity contribution in [3.8, 4) is 0 Å². The van der Waals surface area contributed by atoms with Crippen LogP contribution in [0.3, 0.4) is 0 Å². The van der Waals surface area contributed by atoms with Crippen molar-refractivity contribution in [3.63, 3.8) is 0 Å². The minimum Gasteiger partial charge on any atom is -0.389 e. The molecule has 1 rings (SSSR count). The SMILES string of the molecule is COCCNC(=O)C(C)N(C)CC1(O)CCCC1. The van der Waals surface area contributed by atoms with Crippen molar-refractivity contribution in [2.45, 2.75) is 44.2 Å². The van der Waals surface area contributed by atoms with Crippen molar-refractivity contribution in [2.24, 2.45) is 0 Å². The van der Waals surface area contributed by atoms with Crippen LogP contribution in [0.2, 0.25) is 0 Å². The molecule has 1 atom stereocenters. The Morgan fingerprint density at radius 1 is 1.50 bits per heavy atom. The molecule has 0 heterocycles. The summed E-state index contributed by atoms with van der Waals surface area (Å²) < 4.78 is 4.89. The fraction of sp³-hybridized carbons (Fsp3) is 0.923. The van der Waals surface area contributed by atoms with Gasteiger partial charge in [-0.05, 0) is 26.8 Å². The molecule has 1 amide bonds. The normalized spacial score (nSPS) is 20.1. The third-order valence-electron chi connectivity index (χ3n) is 3.72. The van der Waals surface area contributed by atoms with Crippen molar-refractivity contribution in [2.75, 3.05) is 33.9 Å². The zero-order chi connectivity index (χ0) is 13.6. The summed E-state index contributed by atoms with van der Waals surface area (Å²) in [6.07, 6.45) is 3.85. The highest BCUT2D eigenvalue weighted by Crippen LogP contribution is 2.30. The van der Waals surface area contributed by atoms with Gasteiger partial charge in [0.25, 0.3) is 0 Å². The maximum Gasteiger partial charge on any atom is 0.237 e. The van der Waals surface area contributed by atoms with Crippen molar-refractivity contribution < 1.29 is 14.6 Å². The van der Waals surface area contributed by atoms with Crippen LogP contribution in [0.1, 0.15) is 32.6 Å². The van der Waals surface area contributed by atoms with E-state index >= 15 is 0 Å². The van der Waals surface area contributed by atoms with E-state index in [-0.39, 0.29) is 11.9 Å². The first kappa shape index (κ1) is 15.4. The zero-order valence-electron chi connectivity index (χ0n) is 11.7. The van der Waals surface area contributed by atoms with Crippen LogP contribution in [0.15, 0.2) is 0 Å². The molecule has 1 fully saturated rings. The summed E-state index contributed by atoms with van der Waals surface area (Å²) in [5.74, 6) is -0.0175. The molecule has 0 saturated heterocycles. The summed E-state index contributed by atoms with van der Waals surface area (Å²) in [7, 11) is 3.49. The van der Waals surface area contributed by atoms with Crippen LogP contribution in [0, 0.1) is 0 Å². The highest BCUT2D eigenvalue weighted by Gasteiger charge is 2.34. The molecule has 0 radical (unpaired) electrons. The molecule has 106 valence electrons. The third-order valence-corrected chi connectivity index (χ3v) is 3.72. The lowest BCUT2D eigenvalue weighted by atomic mass is 10.0. The largest absolute Gasteiger partial charge is 0.389 e. The van der Waals surface area contributed by atoms with E-state index in [1.165, 1.54) is 0 Å². The molecule has 18 heavy (non-hydrogen) atoms. The number of hydrogen-bond donors (Lipinski definition) is 2. The van der Waals surface area contributed by atoms with Gasteiger partial charge in [0.2, 0.25) is 5.91 Å². The topological polar surface area (TPSA) is 61.8 Å². The molecule has 0 aliphatic heterocycles. The summed E-state index contributed by atoms with van der Waals surface area (Å²) in [6.45, 7) is 3.47. The van der Waals surface area contributed by atoms with Crippen LogP contribution in [-0.4, -0.2) is 61.4 Å². The van der Waals surface area contributed by atoms with Crippen molar-refractivity contribution in [1.29, 1.82) is 0 Å². The number of ether oxygens (including phenoxy) is 1. The molecule has 1 saturated carbocycles. The Hall–Kier alpha value is -0.650. The Balaban J connectivity index is 2.35. The van der Waals surface area contributed by atoms with Gasteiger partial charge in [0.15, 0.2) is 0 Å². The fourth-order valence-electron chi connectivity index (χ4n) is 2.42. The highest BCUT2D eigenvalue weighted by molar-refractivity contribution is 5.81. The van der Waals surface area contributed by atoms with Gasteiger partial charge in [-0.1, -0.05) is 12.8 Å². The summed E-state index contributed by atoms with van der Waals surface area (Å²) in [5, 5.41) is 13.1. The molecule has 5 nitrogen and oxygen atoms in total. The van der Waals surface area contributed by atoms with E-state index in [0.29, 0.717) is 19.7 Å². The first-order valence-electron chi connectivity index (χ1n) is 6.68. The lowest BCUT2D eigenvalue weighted by Gasteiger charge is -2.31. The second-order valence-electron chi connectivity index (χ2n) is 5.31. The van der Waals surface area contributed by atoms with Crippen LogP contribution in [0.4, 0.5) is 0 Å². The van der Waals surface area contributed by atoms with Gasteiger partial charge in [-0.2, -0.15) is 0 Å². The van der Waals surface area contributed by atoms with Gasteiger partial charge in [0.1, 0.15) is 0 Å². The first-order valence-corrected chi connectivity index (χ1v) is 6.68. The maximum absolute atomic E-state index is 11.8. The van der Waals surface area contributed by atoms with Crippen molar-refractivity contribution >= 4 is 5.91 Å². The number of hydrogen-bond acceptors (Lipinski definition) is 4. The number of carbonyl (C=O) groups is 1. The Morgan fingerprint density at radius 3 is 2.67 bits per heavy atom. The first-order chi connectivity index (χ1) is 8.48. The van der Waals surface area contributed by atoms with E-state index in [2.05, 4.69) is 5.32 Å². The van der Waals surface area contributed by atoms with Crippen molar-refractivity contribution in [1.82, 2.24) is 10.2 Å². The molecule has 1 aliphatic rings. The smallest absolute Gasteiger partial charge is 0.237 e. The van der Waals surface area contributed by atoms with Crippen LogP contribution >= 0.6 is 0 Å². The molecular weight excluding hydrogens is 232 g/mol. The molecule has 0 aromatic carbocycles. The summed E-state index contributed by atoms with van der Waals surface area (Å²) in [6, 6.07) is -0.230. The Morgan fingerprint density at radius 2 is 2.11 bits per heavy atom. The number of nitrogens with zero attached hydrogens (tertiary/aromatic N) is 1. The Labute approximate surface area is 109 Å². The molecular formula is C13H26N2O3. The summed E-state index contributed by atoms with van der Waals surface area (Å²) in [4.78, 5) is 13.8. The van der Waals surface area contributed by atoms with E-state index in [4.69, 9.17) is 4.74 Å². The molecule has 1 aliphatic carbocycles. The number of methoxy groups -OCH3 is 1. The van der Waals surface area contributed by atoms with Crippen LogP contribution in [0.25, 0.3) is 0 Å². The third kappa shape index (κ3) is 4.55. The molecule has 1 unspecified atom stereocenters. The van der Waals surface area contributed by atoms with Gasteiger partial charge in [-0.3, -0.25) is 9.69 Å². The summed E-state index contributed by atoms with van der Waals surface area (Å²) in [5.41, 5.74) is -0.601. The fourth-order valence-corrected chi connectivity index (χ4v) is 2.42. The molecule has 0 spiro atoms. The number of amides is 1. The average molecular weight is 258 g/mol. The van der Waals surface area contributed by atoms with Crippen LogP contribution in [0.5, 0.6) is 0 Å². The minimum atomic E-state index is -0.601. The predicted octanol–water partition coefficient (Wildman–Crippen LogP) is 0.374. The maximum atomic E-state index is 11.8.